The Kier molecular flexibility index (Phi) is 2.24. The average molecular weight is 241 g/mol. The topological polar surface area (TPSA) is 29.9 Å². The van der Waals surface area contributed by atoms with Gasteiger partial charge in [-0.3, -0.25) is 4.68 Å². The Morgan fingerprint density at radius 3 is 2.72 bits per heavy atom. The molecule has 1 aromatic carbocycles. The number of fused-ring (bicyclic) bond motifs is 1. The van der Waals surface area contributed by atoms with E-state index in [-0.39, 0.29) is 0 Å². The van der Waals surface area contributed by atoms with Crippen molar-refractivity contribution in [3.63, 3.8) is 0 Å². The van der Waals surface area contributed by atoms with Crippen LogP contribution in [-0.4, -0.2) is 22.9 Å². The number of benzene rings is 1. The van der Waals surface area contributed by atoms with E-state index < -0.39 is 0 Å². The number of aromatic nitrogens is 2. The van der Waals surface area contributed by atoms with Gasteiger partial charge in [0, 0.05) is 17.3 Å². The first-order valence-corrected chi connectivity index (χ1v) is 7.01. The lowest BCUT2D eigenvalue weighted by atomic mass is 9.87. The number of nitrogens with one attached hydrogen (secondary N) is 1. The molecule has 1 aromatic heterocycles. The smallest absolute Gasteiger partial charge is 0.0734 e. The summed E-state index contributed by atoms with van der Waals surface area (Å²) in [6.45, 7) is 0. The molecule has 18 heavy (non-hydrogen) atoms. The molecule has 0 amide bonds. The molecule has 2 fully saturated rings. The summed E-state index contributed by atoms with van der Waals surface area (Å²) in [5.74, 6) is 0.733. The second kappa shape index (κ2) is 3.82. The fraction of sp³-hybridized carbons (Fsp3) is 0.533. The highest BCUT2D eigenvalue weighted by molar-refractivity contribution is 5.83. The molecule has 2 aliphatic carbocycles. The highest BCUT2D eigenvalue weighted by Crippen LogP contribution is 2.44. The van der Waals surface area contributed by atoms with Crippen LogP contribution in [-0.2, 0) is 0 Å². The zero-order valence-electron chi connectivity index (χ0n) is 10.8. The van der Waals surface area contributed by atoms with Gasteiger partial charge < -0.3 is 5.32 Å². The van der Waals surface area contributed by atoms with Crippen LogP contribution in [0.5, 0.6) is 0 Å². The molecule has 2 aliphatic rings. The van der Waals surface area contributed by atoms with Gasteiger partial charge in [-0.05, 0) is 38.8 Å². The maximum Gasteiger partial charge on any atom is 0.0734 e. The Bertz CT molecular complexity index is 576. The minimum absolute atomic E-state index is 0.597. The van der Waals surface area contributed by atoms with Crippen LogP contribution in [0.3, 0.4) is 0 Å². The number of hydrogen-bond donors (Lipinski definition) is 1. The summed E-state index contributed by atoms with van der Waals surface area (Å²) in [4.78, 5) is 0. The predicted octanol–water partition coefficient (Wildman–Crippen LogP) is 2.84. The number of rotatable bonds is 3. The molecule has 94 valence electrons. The quantitative estimate of drug-likeness (QED) is 0.895. The standard InChI is InChI=1S/C15H19N3/c1-16-11-8-12(9-11)18-14-5-3-2-4-13(14)15(17-18)10-6-7-10/h2-5,10-12,16H,6-9H2,1H3. The van der Waals surface area contributed by atoms with E-state index in [2.05, 4.69) is 41.3 Å². The van der Waals surface area contributed by atoms with Crippen LogP contribution in [0.2, 0.25) is 0 Å². The zero-order chi connectivity index (χ0) is 12.1. The molecule has 0 spiro atoms. The van der Waals surface area contributed by atoms with Crippen molar-refractivity contribution in [3.8, 4) is 0 Å². The molecule has 2 aromatic rings. The van der Waals surface area contributed by atoms with E-state index in [1.54, 1.807) is 0 Å². The van der Waals surface area contributed by atoms with Gasteiger partial charge in [-0.15, -0.1) is 0 Å². The van der Waals surface area contributed by atoms with Gasteiger partial charge in [-0.2, -0.15) is 5.10 Å². The Morgan fingerprint density at radius 1 is 1.22 bits per heavy atom. The fourth-order valence-corrected chi connectivity index (χ4v) is 3.07. The molecule has 3 heteroatoms. The third-order valence-corrected chi connectivity index (χ3v) is 4.47. The Labute approximate surface area is 107 Å². The van der Waals surface area contributed by atoms with Crippen molar-refractivity contribution in [2.24, 2.45) is 0 Å². The molecular formula is C15H19N3. The maximum atomic E-state index is 4.93. The summed E-state index contributed by atoms with van der Waals surface area (Å²) in [5.41, 5.74) is 2.68. The number of para-hydroxylation sites is 1. The molecule has 0 aliphatic heterocycles. The second-order valence-electron chi connectivity index (χ2n) is 5.73. The van der Waals surface area contributed by atoms with Crippen molar-refractivity contribution in [2.45, 2.75) is 43.7 Å². The second-order valence-corrected chi connectivity index (χ2v) is 5.73. The molecule has 3 nitrogen and oxygen atoms in total. The van der Waals surface area contributed by atoms with E-state index in [0.29, 0.717) is 12.1 Å². The van der Waals surface area contributed by atoms with Gasteiger partial charge in [0.15, 0.2) is 0 Å². The largest absolute Gasteiger partial charge is 0.317 e. The van der Waals surface area contributed by atoms with Crippen molar-refractivity contribution < 1.29 is 0 Å². The van der Waals surface area contributed by atoms with Crippen LogP contribution in [0.4, 0.5) is 0 Å². The molecule has 1 heterocycles. The van der Waals surface area contributed by atoms with E-state index in [9.17, 15) is 0 Å². The molecule has 0 atom stereocenters. The lowest BCUT2D eigenvalue weighted by Gasteiger charge is -2.35. The van der Waals surface area contributed by atoms with Crippen molar-refractivity contribution in [3.05, 3.63) is 30.0 Å². The first kappa shape index (κ1) is 10.6. The summed E-state index contributed by atoms with van der Waals surface area (Å²) in [6.07, 6.45) is 5.08. The van der Waals surface area contributed by atoms with Crippen LogP contribution < -0.4 is 5.32 Å². The van der Waals surface area contributed by atoms with Crippen molar-refractivity contribution in [1.82, 2.24) is 15.1 Å². The molecule has 1 N–H and O–H groups in total. The highest BCUT2D eigenvalue weighted by Gasteiger charge is 2.34. The molecule has 0 saturated heterocycles. The van der Waals surface area contributed by atoms with Gasteiger partial charge in [0.25, 0.3) is 0 Å². The number of hydrogen-bond acceptors (Lipinski definition) is 2. The zero-order valence-corrected chi connectivity index (χ0v) is 10.8. The molecular weight excluding hydrogens is 222 g/mol. The summed E-state index contributed by atoms with van der Waals surface area (Å²) in [7, 11) is 2.05. The highest BCUT2D eigenvalue weighted by atomic mass is 15.3. The SMILES string of the molecule is CNC1CC(n2nc(C3CC3)c3ccccc32)C1. The monoisotopic (exact) mass is 241 g/mol. The molecule has 4 rings (SSSR count). The van der Waals surface area contributed by atoms with Gasteiger partial charge in [-0.25, -0.2) is 0 Å². The van der Waals surface area contributed by atoms with Crippen molar-refractivity contribution in [1.29, 1.82) is 0 Å². The van der Waals surface area contributed by atoms with E-state index >= 15 is 0 Å². The first-order chi connectivity index (χ1) is 8.86. The predicted molar refractivity (Wildman–Crippen MR) is 72.8 cm³/mol. The third-order valence-electron chi connectivity index (χ3n) is 4.47. The lowest BCUT2D eigenvalue weighted by molar-refractivity contribution is 0.224. The number of nitrogens with zero attached hydrogens (tertiary/aromatic N) is 2. The minimum atomic E-state index is 0.597. The normalized spacial score (nSPS) is 27.4. The van der Waals surface area contributed by atoms with Crippen LogP contribution >= 0.6 is 0 Å². The first-order valence-electron chi connectivity index (χ1n) is 7.01. The van der Waals surface area contributed by atoms with Gasteiger partial charge in [0.2, 0.25) is 0 Å². The van der Waals surface area contributed by atoms with Crippen LogP contribution in [0.15, 0.2) is 24.3 Å². The molecule has 2 saturated carbocycles. The summed E-state index contributed by atoms with van der Waals surface area (Å²) in [5, 5.41) is 9.66. The van der Waals surface area contributed by atoms with Gasteiger partial charge >= 0.3 is 0 Å². The molecule has 0 bridgehead atoms. The van der Waals surface area contributed by atoms with Crippen LogP contribution in [0.25, 0.3) is 10.9 Å². The van der Waals surface area contributed by atoms with Crippen LogP contribution in [0, 0.1) is 0 Å². The third kappa shape index (κ3) is 1.50. The van der Waals surface area contributed by atoms with E-state index in [1.165, 1.54) is 42.3 Å². The summed E-state index contributed by atoms with van der Waals surface area (Å²) >= 11 is 0. The molecule has 0 radical (unpaired) electrons. The lowest BCUT2D eigenvalue weighted by Crippen LogP contribution is -2.40. The van der Waals surface area contributed by atoms with Crippen molar-refractivity contribution >= 4 is 10.9 Å². The van der Waals surface area contributed by atoms with Crippen molar-refractivity contribution in [2.75, 3.05) is 7.05 Å². The van der Waals surface area contributed by atoms with E-state index in [1.807, 2.05) is 0 Å². The van der Waals surface area contributed by atoms with Gasteiger partial charge in [0.05, 0.1) is 17.3 Å². The Morgan fingerprint density at radius 2 is 2.00 bits per heavy atom. The summed E-state index contributed by atoms with van der Waals surface area (Å²) < 4.78 is 2.29. The van der Waals surface area contributed by atoms with Gasteiger partial charge in [-0.1, -0.05) is 18.2 Å². The maximum absolute atomic E-state index is 4.93. The molecule has 0 unspecified atom stereocenters. The average Bonchev–Trinajstić information content (AvgIpc) is 3.12. The fourth-order valence-electron chi connectivity index (χ4n) is 3.07. The Balaban J connectivity index is 1.76. The van der Waals surface area contributed by atoms with Crippen LogP contribution in [0.1, 0.15) is 43.3 Å². The Hall–Kier alpha value is -1.35. The van der Waals surface area contributed by atoms with Gasteiger partial charge in [0.1, 0.15) is 0 Å². The minimum Gasteiger partial charge on any atom is -0.317 e. The summed E-state index contributed by atoms with van der Waals surface area (Å²) in [6, 6.07) is 10.0. The van der Waals surface area contributed by atoms with E-state index in [4.69, 9.17) is 5.10 Å². The van der Waals surface area contributed by atoms with E-state index in [0.717, 1.165) is 5.92 Å².